The first-order valence-corrected chi connectivity index (χ1v) is 6.81. The molecule has 0 radical (unpaired) electrons. The van der Waals surface area contributed by atoms with Crippen LogP contribution in [0.15, 0.2) is 18.5 Å². The van der Waals surface area contributed by atoms with Gasteiger partial charge in [0.05, 0.1) is 18.6 Å². The first-order valence-electron chi connectivity index (χ1n) is 6.81. The highest BCUT2D eigenvalue weighted by molar-refractivity contribution is 5.78. The number of halogens is 3. The van der Waals surface area contributed by atoms with Crippen LogP contribution in [0.1, 0.15) is 24.0 Å². The molecule has 1 aromatic heterocycles. The Bertz CT molecular complexity index is 485. The molecule has 0 aliphatic carbocycles. The molecule has 0 saturated carbocycles. The smallest absolute Gasteiger partial charge is 0.381 e. The molecule has 1 unspecified atom stereocenters. The summed E-state index contributed by atoms with van der Waals surface area (Å²) in [5, 5.41) is 2.67. The number of pyridine rings is 1. The van der Waals surface area contributed by atoms with E-state index in [1.165, 1.54) is 0 Å². The number of hydrogen-bond acceptors (Lipinski definition) is 3. The second kappa shape index (κ2) is 6.89. The molecule has 1 aromatic rings. The second-order valence-electron chi connectivity index (χ2n) is 5.09. The van der Waals surface area contributed by atoms with Crippen LogP contribution in [0.3, 0.4) is 0 Å². The maximum absolute atomic E-state index is 12.8. The van der Waals surface area contributed by atoms with Gasteiger partial charge in [0.1, 0.15) is 0 Å². The largest absolute Gasteiger partial charge is 0.416 e. The molecule has 7 heteroatoms. The number of amides is 1. The van der Waals surface area contributed by atoms with E-state index < -0.39 is 17.6 Å². The summed E-state index contributed by atoms with van der Waals surface area (Å²) in [6.07, 6.45) is -0.732. The van der Waals surface area contributed by atoms with E-state index in [1.807, 2.05) is 0 Å². The molecule has 1 aliphatic heterocycles. The number of nitrogens with one attached hydrogen (secondary N) is 1. The van der Waals surface area contributed by atoms with Crippen molar-refractivity contribution in [1.82, 2.24) is 10.3 Å². The lowest BCUT2D eigenvalue weighted by atomic mass is 10.0. The van der Waals surface area contributed by atoms with Gasteiger partial charge >= 0.3 is 6.18 Å². The van der Waals surface area contributed by atoms with E-state index >= 15 is 0 Å². The molecule has 1 amide bonds. The summed E-state index contributed by atoms with van der Waals surface area (Å²) in [7, 11) is 0. The van der Waals surface area contributed by atoms with Gasteiger partial charge in [0, 0.05) is 25.5 Å². The van der Waals surface area contributed by atoms with Gasteiger partial charge in [-0.2, -0.15) is 13.2 Å². The summed E-state index contributed by atoms with van der Waals surface area (Å²) < 4.78 is 43.7. The third kappa shape index (κ3) is 4.70. The number of carbonyl (C=O) groups is 1. The van der Waals surface area contributed by atoms with Crippen molar-refractivity contribution in [2.24, 2.45) is 5.92 Å². The highest BCUT2D eigenvalue weighted by atomic mass is 19.4. The summed E-state index contributed by atoms with van der Waals surface area (Å²) >= 11 is 0. The van der Waals surface area contributed by atoms with E-state index in [0.717, 1.165) is 37.9 Å². The lowest BCUT2D eigenvalue weighted by Gasteiger charge is -2.22. The van der Waals surface area contributed by atoms with Crippen molar-refractivity contribution >= 4 is 5.91 Å². The van der Waals surface area contributed by atoms with E-state index in [4.69, 9.17) is 4.74 Å². The first kappa shape index (κ1) is 15.8. The Morgan fingerprint density at radius 1 is 1.48 bits per heavy atom. The number of nitrogens with zero attached hydrogens (tertiary/aromatic N) is 1. The highest BCUT2D eigenvalue weighted by Crippen LogP contribution is 2.31. The van der Waals surface area contributed by atoms with E-state index in [1.54, 1.807) is 0 Å². The average molecular weight is 302 g/mol. The third-order valence-corrected chi connectivity index (χ3v) is 3.40. The van der Waals surface area contributed by atoms with Crippen molar-refractivity contribution in [3.63, 3.8) is 0 Å². The van der Waals surface area contributed by atoms with Gasteiger partial charge in [-0.3, -0.25) is 9.78 Å². The number of rotatable bonds is 4. The predicted molar refractivity (Wildman–Crippen MR) is 69.5 cm³/mol. The van der Waals surface area contributed by atoms with E-state index in [0.29, 0.717) is 13.2 Å². The number of hydrogen-bond donors (Lipinski definition) is 1. The molecule has 2 rings (SSSR count). The molecular formula is C14H17F3N2O2. The second-order valence-corrected chi connectivity index (χ2v) is 5.09. The summed E-state index contributed by atoms with van der Waals surface area (Å²) in [6, 6.07) is 0.886. The normalized spacial score (nSPS) is 19.3. The maximum Gasteiger partial charge on any atom is 0.416 e. The van der Waals surface area contributed by atoms with Gasteiger partial charge in [0.15, 0.2) is 0 Å². The number of ether oxygens (including phenoxy) is 1. The standard InChI is InChI=1S/C14H17F3N2O2/c15-14(16,17)12-3-4-18-8-11(12)6-13(20)19-7-10-2-1-5-21-9-10/h3-4,8,10H,1-2,5-7,9H2,(H,19,20). The van der Waals surface area contributed by atoms with E-state index in [2.05, 4.69) is 10.3 Å². The molecule has 1 saturated heterocycles. The predicted octanol–water partition coefficient (Wildman–Crippen LogP) is 2.19. The van der Waals surface area contributed by atoms with Crippen molar-refractivity contribution in [1.29, 1.82) is 0 Å². The number of alkyl halides is 3. The molecule has 0 spiro atoms. The Kier molecular flexibility index (Phi) is 5.17. The summed E-state index contributed by atoms with van der Waals surface area (Å²) in [4.78, 5) is 15.4. The fourth-order valence-electron chi connectivity index (χ4n) is 2.31. The van der Waals surface area contributed by atoms with Gasteiger partial charge in [0.25, 0.3) is 0 Å². The minimum absolute atomic E-state index is 0.109. The zero-order valence-corrected chi connectivity index (χ0v) is 11.4. The van der Waals surface area contributed by atoms with Gasteiger partial charge in [-0.1, -0.05) is 0 Å². The highest BCUT2D eigenvalue weighted by Gasteiger charge is 2.33. The molecule has 1 aliphatic rings. The Balaban J connectivity index is 1.90. The van der Waals surface area contributed by atoms with Crippen LogP contribution >= 0.6 is 0 Å². The van der Waals surface area contributed by atoms with Crippen LogP contribution in [0, 0.1) is 5.92 Å². The minimum Gasteiger partial charge on any atom is -0.381 e. The van der Waals surface area contributed by atoms with Crippen molar-refractivity contribution < 1.29 is 22.7 Å². The summed E-state index contributed by atoms with van der Waals surface area (Å²) in [5.41, 5.74) is -0.920. The zero-order chi connectivity index (χ0) is 15.3. The molecule has 1 fully saturated rings. The Hall–Kier alpha value is -1.63. The van der Waals surface area contributed by atoms with Gasteiger partial charge in [-0.15, -0.1) is 0 Å². The Morgan fingerprint density at radius 2 is 2.29 bits per heavy atom. The average Bonchev–Trinajstić information content (AvgIpc) is 2.46. The maximum atomic E-state index is 12.8. The quantitative estimate of drug-likeness (QED) is 0.927. The first-order chi connectivity index (χ1) is 9.97. The number of carbonyl (C=O) groups excluding carboxylic acids is 1. The van der Waals surface area contributed by atoms with Gasteiger partial charge < -0.3 is 10.1 Å². The van der Waals surface area contributed by atoms with Gasteiger partial charge in [-0.25, -0.2) is 0 Å². The zero-order valence-electron chi connectivity index (χ0n) is 11.4. The van der Waals surface area contributed by atoms with Crippen LogP contribution in [-0.2, 0) is 22.1 Å². The fraction of sp³-hybridized carbons (Fsp3) is 0.571. The van der Waals surface area contributed by atoms with Crippen molar-refractivity contribution in [2.45, 2.75) is 25.4 Å². The van der Waals surface area contributed by atoms with Gasteiger partial charge in [-0.05, 0) is 30.4 Å². The molecule has 116 valence electrons. The molecular weight excluding hydrogens is 285 g/mol. The molecule has 1 N–H and O–H groups in total. The van der Waals surface area contributed by atoms with Crippen molar-refractivity contribution in [3.8, 4) is 0 Å². The Labute approximate surface area is 120 Å². The van der Waals surface area contributed by atoms with E-state index in [-0.39, 0.29) is 17.9 Å². The topological polar surface area (TPSA) is 51.2 Å². The third-order valence-electron chi connectivity index (χ3n) is 3.40. The molecule has 4 nitrogen and oxygen atoms in total. The molecule has 0 aromatic carbocycles. The molecule has 2 heterocycles. The summed E-state index contributed by atoms with van der Waals surface area (Å²) in [5.74, 6) is -0.197. The van der Waals surface area contributed by atoms with Gasteiger partial charge in [0.2, 0.25) is 5.91 Å². The monoisotopic (exact) mass is 302 g/mol. The van der Waals surface area contributed by atoms with Crippen LogP contribution in [0.5, 0.6) is 0 Å². The van der Waals surface area contributed by atoms with Crippen LogP contribution in [0.2, 0.25) is 0 Å². The minimum atomic E-state index is -4.48. The van der Waals surface area contributed by atoms with Crippen molar-refractivity contribution in [2.75, 3.05) is 19.8 Å². The molecule has 21 heavy (non-hydrogen) atoms. The Morgan fingerprint density at radius 3 is 2.95 bits per heavy atom. The summed E-state index contributed by atoms with van der Waals surface area (Å²) in [6.45, 7) is 1.75. The van der Waals surface area contributed by atoms with E-state index in [9.17, 15) is 18.0 Å². The molecule has 1 atom stereocenters. The van der Waals surface area contributed by atoms with Crippen molar-refractivity contribution in [3.05, 3.63) is 29.6 Å². The lowest BCUT2D eigenvalue weighted by Crippen LogP contribution is -2.34. The van der Waals surface area contributed by atoms with Crippen LogP contribution in [-0.4, -0.2) is 30.6 Å². The number of aromatic nitrogens is 1. The van der Waals surface area contributed by atoms with Crippen LogP contribution in [0.4, 0.5) is 13.2 Å². The van der Waals surface area contributed by atoms with Crippen LogP contribution < -0.4 is 5.32 Å². The lowest BCUT2D eigenvalue weighted by molar-refractivity contribution is -0.138. The fourth-order valence-corrected chi connectivity index (χ4v) is 2.31. The van der Waals surface area contributed by atoms with Crippen LogP contribution in [0.25, 0.3) is 0 Å². The molecule has 0 bridgehead atoms. The SMILES string of the molecule is O=C(Cc1cnccc1C(F)(F)F)NCC1CCCOC1.